The maximum atomic E-state index is 12.8. The minimum absolute atomic E-state index is 0.210. The molecule has 1 aliphatic rings. The molecule has 1 atom stereocenters. The molecule has 0 radical (unpaired) electrons. The largest absolute Gasteiger partial charge is 0.371 e. The summed E-state index contributed by atoms with van der Waals surface area (Å²) in [6.45, 7) is 4.15. The Morgan fingerprint density at radius 1 is 1.25 bits per heavy atom. The molecule has 2 heterocycles. The third-order valence-corrected chi connectivity index (χ3v) is 5.16. The van der Waals surface area contributed by atoms with Crippen molar-refractivity contribution < 1.29 is 9.59 Å². The fraction of sp³-hybridized carbons (Fsp3) is 0.429. The summed E-state index contributed by atoms with van der Waals surface area (Å²) in [4.78, 5) is 30.4. The first-order valence-corrected chi connectivity index (χ1v) is 10.3. The van der Waals surface area contributed by atoms with Gasteiger partial charge in [-0.05, 0) is 43.5 Å². The molecule has 0 saturated carbocycles. The zero-order chi connectivity index (χ0) is 19.9. The van der Waals surface area contributed by atoms with Crippen LogP contribution in [0.1, 0.15) is 49.5 Å². The second-order valence-electron chi connectivity index (χ2n) is 7.13. The highest BCUT2D eigenvalue weighted by atomic mass is 35.5. The number of carbonyl (C=O) groups is 2. The van der Waals surface area contributed by atoms with Gasteiger partial charge in [-0.3, -0.25) is 9.59 Å². The first kappa shape index (κ1) is 20.3. The van der Waals surface area contributed by atoms with Crippen LogP contribution >= 0.6 is 11.6 Å². The fourth-order valence-electron chi connectivity index (χ4n) is 3.40. The molecule has 0 spiro atoms. The Labute approximate surface area is 170 Å². The predicted octanol–water partition coefficient (Wildman–Crippen LogP) is 4.20. The lowest BCUT2D eigenvalue weighted by molar-refractivity contribution is -0.118. The summed E-state index contributed by atoms with van der Waals surface area (Å²) < 4.78 is 0. The van der Waals surface area contributed by atoms with E-state index in [1.54, 1.807) is 12.3 Å². The predicted molar refractivity (Wildman–Crippen MR) is 113 cm³/mol. The third kappa shape index (κ3) is 5.29. The molecule has 1 unspecified atom stereocenters. The summed E-state index contributed by atoms with van der Waals surface area (Å²) in [5.74, 6) is -0.549. The van der Waals surface area contributed by atoms with Gasteiger partial charge in [0.15, 0.2) is 0 Å². The van der Waals surface area contributed by atoms with Gasteiger partial charge in [-0.2, -0.15) is 0 Å². The Balaban J connectivity index is 1.67. The van der Waals surface area contributed by atoms with E-state index >= 15 is 0 Å². The summed E-state index contributed by atoms with van der Waals surface area (Å²) in [7, 11) is 0. The molecular formula is C21H27ClN4O2. The highest BCUT2D eigenvalue weighted by Gasteiger charge is 2.22. The summed E-state index contributed by atoms with van der Waals surface area (Å²) in [5, 5.41) is 6.24. The second kappa shape index (κ2) is 9.64. The number of hydrogen-bond acceptors (Lipinski definition) is 3. The minimum atomic E-state index is -0.607. The number of amides is 2. The van der Waals surface area contributed by atoms with Crippen LogP contribution in [0.4, 0.5) is 11.4 Å². The van der Waals surface area contributed by atoms with E-state index in [0.29, 0.717) is 17.1 Å². The van der Waals surface area contributed by atoms with Crippen LogP contribution in [0, 0.1) is 0 Å². The van der Waals surface area contributed by atoms with Crippen molar-refractivity contribution in [3.8, 4) is 0 Å². The fourth-order valence-corrected chi connectivity index (χ4v) is 3.56. The topological polar surface area (TPSA) is 77.2 Å². The van der Waals surface area contributed by atoms with Crippen LogP contribution < -0.4 is 15.5 Å². The molecule has 6 nitrogen and oxygen atoms in total. The Morgan fingerprint density at radius 2 is 2.04 bits per heavy atom. The Hall–Kier alpha value is -2.47. The highest BCUT2D eigenvalue weighted by molar-refractivity contribution is 6.31. The first-order valence-electron chi connectivity index (χ1n) is 9.87. The zero-order valence-corrected chi connectivity index (χ0v) is 16.9. The summed E-state index contributed by atoms with van der Waals surface area (Å²) in [6.07, 6.45) is 6.31. The van der Waals surface area contributed by atoms with Crippen LogP contribution in [0.3, 0.4) is 0 Å². The number of anilines is 2. The normalized spacial score (nSPS) is 14.7. The molecule has 2 amide bonds. The average molecular weight is 403 g/mol. The monoisotopic (exact) mass is 402 g/mol. The van der Waals surface area contributed by atoms with Crippen molar-refractivity contribution in [2.75, 3.05) is 23.3 Å². The molecular weight excluding hydrogens is 376 g/mol. The summed E-state index contributed by atoms with van der Waals surface area (Å²) >= 11 is 5.87. The maximum Gasteiger partial charge on any atom is 0.268 e. The molecule has 1 aromatic carbocycles. The van der Waals surface area contributed by atoms with Crippen LogP contribution in [-0.2, 0) is 4.79 Å². The number of H-pyrrole nitrogens is 1. The lowest BCUT2D eigenvalue weighted by Gasteiger charge is -2.20. The van der Waals surface area contributed by atoms with Gasteiger partial charge < -0.3 is 20.5 Å². The summed E-state index contributed by atoms with van der Waals surface area (Å²) in [5.41, 5.74) is 2.20. The van der Waals surface area contributed by atoms with Gasteiger partial charge in [0.25, 0.3) is 5.91 Å². The number of benzene rings is 1. The molecule has 1 fully saturated rings. The number of halogens is 1. The number of nitrogens with zero attached hydrogens (tertiary/aromatic N) is 1. The van der Waals surface area contributed by atoms with E-state index < -0.39 is 6.04 Å². The SMILES string of the molecule is CCCCC(NC(=O)c1cc(Cl)c[nH]1)C(=O)Nc1cccc(N2CCCC2)c1. The zero-order valence-electron chi connectivity index (χ0n) is 16.1. The van der Waals surface area contributed by atoms with Crippen molar-refractivity contribution in [3.63, 3.8) is 0 Å². The third-order valence-electron chi connectivity index (χ3n) is 4.95. The van der Waals surface area contributed by atoms with Gasteiger partial charge in [-0.25, -0.2) is 0 Å². The number of aromatic nitrogens is 1. The van der Waals surface area contributed by atoms with E-state index in [1.807, 2.05) is 18.2 Å². The van der Waals surface area contributed by atoms with Crippen LogP contribution in [0.2, 0.25) is 5.02 Å². The number of hydrogen-bond donors (Lipinski definition) is 3. The van der Waals surface area contributed by atoms with Crippen molar-refractivity contribution in [2.45, 2.75) is 45.1 Å². The number of aromatic amines is 1. The second-order valence-corrected chi connectivity index (χ2v) is 7.57. The van der Waals surface area contributed by atoms with Gasteiger partial charge in [0, 0.05) is 30.7 Å². The van der Waals surface area contributed by atoms with Crippen molar-refractivity contribution in [1.29, 1.82) is 0 Å². The van der Waals surface area contributed by atoms with Crippen LogP contribution in [0.5, 0.6) is 0 Å². The van der Waals surface area contributed by atoms with E-state index in [0.717, 1.165) is 37.3 Å². The van der Waals surface area contributed by atoms with E-state index in [9.17, 15) is 9.59 Å². The highest BCUT2D eigenvalue weighted by Crippen LogP contribution is 2.23. The lowest BCUT2D eigenvalue weighted by Crippen LogP contribution is -2.43. The molecule has 3 N–H and O–H groups in total. The molecule has 28 heavy (non-hydrogen) atoms. The van der Waals surface area contributed by atoms with Crippen LogP contribution in [0.15, 0.2) is 36.5 Å². The van der Waals surface area contributed by atoms with Gasteiger partial charge in [0.1, 0.15) is 11.7 Å². The average Bonchev–Trinajstić information content (AvgIpc) is 3.37. The van der Waals surface area contributed by atoms with Crippen molar-refractivity contribution in [1.82, 2.24) is 10.3 Å². The summed E-state index contributed by atoms with van der Waals surface area (Å²) in [6, 6.07) is 8.82. The van der Waals surface area contributed by atoms with E-state index in [4.69, 9.17) is 11.6 Å². The standard InChI is InChI=1S/C21H27ClN4O2/c1-2-3-9-18(25-21(28)19-12-15(22)14-23-19)20(27)24-16-7-6-8-17(13-16)26-10-4-5-11-26/h6-8,12-14,18,23H,2-5,9-11H2,1H3,(H,24,27)(H,25,28). The molecule has 0 bridgehead atoms. The van der Waals surface area contributed by atoms with E-state index in [1.165, 1.54) is 12.8 Å². The Kier molecular flexibility index (Phi) is 6.98. The van der Waals surface area contributed by atoms with E-state index in [-0.39, 0.29) is 11.8 Å². The molecule has 7 heteroatoms. The smallest absolute Gasteiger partial charge is 0.268 e. The Morgan fingerprint density at radius 3 is 2.71 bits per heavy atom. The number of unbranched alkanes of at least 4 members (excludes halogenated alkanes) is 1. The van der Waals surface area contributed by atoms with Crippen LogP contribution in [-0.4, -0.2) is 35.9 Å². The van der Waals surface area contributed by atoms with Crippen LogP contribution in [0.25, 0.3) is 0 Å². The van der Waals surface area contributed by atoms with E-state index in [2.05, 4.69) is 33.5 Å². The Bertz CT molecular complexity index is 814. The van der Waals surface area contributed by atoms with Crippen molar-refractivity contribution >= 4 is 34.8 Å². The minimum Gasteiger partial charge on any atom is -0.371 e. The van der Waals surface area contributed by atoms with Crippen molar-refractivity contribution in [2.24, 2.45) is 0 Å². The number of nitrogens with one attached hydrogen (secondary N) is 3. The molecule has 1 saturated heterocycles. The van der Waals surface area contributed by atoms with Gasteiger partial charge in [-0.1, -0.05) is 37.4 Å². The quantitative estimate of drug-likeness (QED) is 0.619. The lowest BCUT2D eigenvalue weighted by atomic mass is 10.1. The molecule has 3 rings (SSSR count). The molecule has 150 valence electrons. The van der Waals surface area contributed by atoms with Gasteiger partial charge in [0.05, 0.1) is 5.02 Å². The number of rotatable bonds is 8. The number of carbonyl (C=O) groups excluding carboxylic acids is 2. The first-order chi connectivity index (χ1) is 13.6. The van der Waals surface area contributed by atoms with Gasteiger partial charge >= 0.3 is 0 Å². The van der Waals surface area contributed by atoms with Gasteiger partial charge in [0.2, 0.25) is 5.91 Å². The molecule has 0 aliphatic carbocycles. The molecule has 1 aliphatic heterocycles. The molecule has 2 aromatic rings. The maximum absolute atomic E-state index is 12.8. The van der Waals surface area contributed by atoms with Crippen molar-refractivity contribution in [3.05, 3.63) is 47.2 Å². The molecule has 1 aromatic heterocycles. The van der Waals surface area contributed by atoms with Gasteiger partial charge in [-0.15, -0.1) is 0 Å².